The normalized spacial score (nSPS) is 11.4. The lowest BCUT2D eigenvalue weighted by Gasteiger charge is -2.14. The van der Waals surface area contributed by atoms with Crippen molar-refractivity contribution in [3.8, 4) is 5.82 Å². The number of aromatic nitrogens is 4. The fourth-order valence-electron chi connectivity index (χ4n) is 2.30. The number of nitrogens with one attached hydrogen (secondary N) is 1. The Morgan fingerprint density at radius 3 is 2.50 bits per heavy atom. The molecular formula is C16H11BrF3N5O. The van der Waals surface area contributed by atoms with E-state index >= 15 is 0 Å². The van der Waals surface area contributed by atoms with Crippen molar-refractivity contribution in [2.24, 2.45) is 0 Å². The molecule has 0 radical (unpaired) electrons. The first-order chi connectivity index (χ1) is 12.3. The maximum Gasteiger partial charge on any atom is 0.420 e. The molecule has 0 atom stereocenters. The fraction of sp³-hybridized carbons (Fsp3) is 0.125. The minimum atomic E-state index is -4.69. The maximum atomic E-state index is 13.4. The number of rotatable bonds is 3. The van der Waals surface area contributed by atoms with E-state index in [0.29, 0.717) is 11.1 Å². The van der Waals surface area contributed by atoms with Gasteiger partial charge in [-0.05, 0) is 36.8 Å². The van der Waals surface area contributed by atoms with Gasteiger partial charge in [0.05, 0.1) is 24.3 Å². The number of nitrogens with zero attached hydrogens (tertiary/aromatic N) is 4. The first kappa shape index (κ1) is 18.1. The van der Waals surface area contributed by atoms with Crippen LogP contribution < -0.4 is 5.32 Å². The van der Waals surface area contributed by atoms with E-state index in [9.17, 15) is 18.0 Å². The molecule has 2 heterocycles. The minimum absolute atomic E-state index is 0.0828. The lowest BCUT2D eigenvalue weighted by Crippen LogP contribution is -2.17. The van der Waals surface area contributed by atoms with Crippen LogP contribution in [0.25, 0.3) is 5.82 Å². The summed E-state index contributed by atoms with van der Waals surface area (Å²) in [6.07, 6.45) is -1.08. The van der Waals surface area contributed by atoms with E-state index in [1.165, 1.54) is 12.4 Å². The monoisotopic (exact) mass is 425 g/mol. The van der Waals surface area contributed by atoms with Gasteiger partial charge in [0.2, 0.25) is 0 Å². The van der Waals surface area contributed by atoms with Crippen LogP contribution in [0.3, 0.4) is 0 Å². The molecule has 6 nitrogen and oxygen atoms in total. The molecule has 0 aliphatic carbocycles. The summed E-state index contributed by atoms with van der Waals surface area (Å²) in [7, 11) is 0. The molecule has 1 aromatic carbocycles. The zero-order chi connectivity index (χ0) is 18.9. The van der Waals surface area contributed by atoms with E-state index in [4.69, 9.17) is 0 Å². The Labute approximate surface area is 154 Å². The zero-order valence-electron chi connectivity index (χ0n) is 13.3. The Hall–Kier alpha value is -2.75. The third kappa shape index (κ3) is 3.74. The van der Waals surface area contributed by atoms with Crippen molar-refractivity contribution in [2.75, 3.05) is 5.32 Å². The predicted molar refractivity (Wildman–Crippen MR) is 91.0 cm³/mol. The van der Waals surface area contributed by atoms with Crippen LogP contribution in [0.5, 0.6) is 0 Å². The van der Waals surface area contributed by atoms with Crippen molar-refractivity contribution < 1.29 is 18.0 Å². The van der Waals surface area contributed by atoms with Crippen molar-refractivity contribution >= 4 is 27.5 Å². The van der Waals surface area contributed by atoms with Gasteiger partial charge in [-0.2, -0.15) is 23.4 Å². The Morgan fingerprint density at radius 1 is 1.19 bits per heavy atom. The molecule has 0 bridgehead atoms. The molecule has 0 spiro atoms. The summed E-state index contributed by atoms with van der Waals surface area (Å²) >= 11 is 3.29. The van der Waals surface area contributed by atoms with Gasteiger partial charge in [-0.25, -0.2) is 4.98 Å². The Kier molecular flexibility index (Phi) is 4.77. The van der Waals surface area contributed by atoms with Gasteiger partial charge in [-0.3, -0.25) is 4.79 Å². The van der Waals surface area contributed by atoms with E-state index < -0.39 is 23.5 Å². The molecule has 134 valence electrons. The smallest absolute Gasteiger partial charge is 0.321 e. The second-order valence-electron chi connectivity index (χ2n) is 5.32. The number of carbonyl (C=O) groups is 1. The first-order valence-electron chi connectivity index (χ1n) is 7.27. The number of hydrogen-bond acceptors (Lipinski definition) is 4. The summed E-state index contributed by atoms with van der Waals surface area (Å²) in [5, 5.41) is 9.78. The average Bonchev–Trinajstić information content (AvgIpc) is 3.08. The van der Waals surface area contributed by atoms with Gasteiger partial charge in [0.15, 0.2) is 5.82 Å². The van der Waals surface area contributed by atoms with Crippen molar-refractivity contribution in [3.63, 3.8) is 0 Å². The number of carbonyl (C=O) groups excluding carboxylic acids is 1. The fourth-order valence-corrected chi connectivity index (χ4v) is 2.77. The van der Waals surface area contributed by atoms with Gasteiger partial charge >= 0.3 is 6.18 Å². The Balaban J connectivity index is 1.95. The van der Waals surface area contributed by atoms with Gasteiger partial charge < -0.3 is 5.32 Å². The summed E-state index contributed by atoms with van der Waals surface area (Å²) < 4.78 is 40.9. The minimum Gasteiger partial charge on any atom is -0.321 e. The molecule has 2 aromatic heterocycles. The van der Waals surface area contributed by atoms with Crippen LogP contribution in [-0.2, 0) is 6.18 Å². The van der Waals surface area contributed by atoms with E-state index in [0.717, 1.165) is 21.5 Å². The van der Waals surface area contributed by atoms with E-state index in [1.54, 1.807) is 25.1 Å². The number of amides is 1. The van der Waals surface area contributed by atoms with Gasteiger partial charge in [0.25, 0.3) is 5.91 Å². The SMILES string of the molecule is Cc1cc(Br)ccc1C(=O)Nc1cnc(-n2nccn2)c(C(F)(F)F)c1. The number of benzene rings is 1. The molecule has 26 heavy (non-hydrogen) atoms. The van der Waals surface area contributed by atoms with E-state index in [1.807, 2.05) is 0 Å². The van der Waals surface area contributed by atoms with Crippen LogP contribution >= 0.6 is 15.9 Å². The highest BCUT2D eigenvalue weighted by atomic mass is 79.9. The molecule has 0 unspecified atom stereocenters. The van der Waals surface area contributed by atoms with Crippen molar-refractivity contribution in [3.05, 3.63) is 64.0 Å². The molecule has 0 aliphatic rings. The van der Waals surface area contributed by atoms with Crippen LogP contribution in [0, 0.1) is 6.92 Å². The third-order valence-corrected chi connectivity index (χ3v) is 3.96. The summed E-state index contributed by atoms with van der Waals surface area (Å²) in [6, 6.07) is 5.79. The van der Waals surface area contributed by atoms with Crippen LogP contribution in [0.4, 0.5) is 18.9 Å². The predicted octanol–water partition coefficient (Wildman–Crippen LogP) is 4.00. The van der Waals surface area contributed by atoms with Crippen molar-refractivity contribution in [2.45, 2.75) is 13.1 Å². The topological polar surface area (TPSA) is 72.7 Å². The highest BCUT2D eigenvalue weighted by Gasteiger charge is 2.36. The first-order valence-corrected chi connectivity index (χ1v) is 8.06. The molecule has 0 aliphatic heterocycles. The highest BCUT2D eigenvalue weighted by Crippen LogP contribution is 2.34. The molecule has 3 aromatic rings. The zero-order valence-corrected chi connectivity index (χ0v) is 14.8. The number of aryl methyl sites for hydroxylation is 1. The number of hydrogen-bond donors (Lipinski definition) is 1. The molecule has 0 fully saturated rings. The van der Waals surface area contributed by atoms with E-state index in [2.05, 4.69) is 36.4 Å². The average molecular weight is 426 g/mol. The number of pyridine rings is 1. The highest BCUT2D eigenvalue weighted by molar-refractivity contribution is 9.10. The van der Waals surface area contributed by atoms with Crippen LogP contribution in [0.2, 0.25) is 0 Å². The molecule has 3 rings (SSSR count). The molecule has 10 heteroatoms. The maximum absolute atomic E-state index is 13.4. The Bertz CT molecular complexity index is 957. The number of alkyl halides is 3. The molecule has 0 saturated heterocycles. The van der Waals surface area contributed by atoms with Gasteiger partial charge in [-0.15, -0.1) is 4.80 Å². The Morgan fingerprint density at radius 2 is 1.88 bits per heavy atom. The quantitative estimate of drug-likeness (QED) is 0.687. The van der Waals surface area contributed by atoms with Crippen molar-refractivity contribution in [1.29, 1.82) is 0 Å². The largest absolute Gasteiger partial charge is 0.420 e. The van der Waals surface area contributed by atoms with Crippen LogP contribution in [0.1, 0.15) is 21.5 Å². The van der Waals surface area contributed by atoms with Gasteiger partial charge in [0, 0.05) is 10.0 Å². The summed E-state index contributed by atoms with van der Waals surface area (Å²) in [6.45, 7) is 1.73. The summed E-state index contributed by atoms with van der Waals surface area (Å²) in [5.41, 5.74) is -0.114. The van der Waals surface area contributed by atoms with Crippen molar-refractivity contribution in [1.82, 2.24) is 20.0 Å². The number of anilines is 1. The lowest BCUT2D eigenvalue weighted by atomic mass is 10.1. The molecular weight excluding hydrogens is 415 g/mol. The number of halogens is 4. The molecule has 0 saturated carbocycles. The van der Waals surface area contributed by atoms with Gasteiger partial charge in [0.1, 0.15) is 5.56 Å². The summed E-state index contributed by atoms with van der Waals surface area (Å²) in [4.78, 5) is 16.9. The second kappa shape index (κ2) is 6.87. The summed E-state index contributed by atoms with van der Waals surface area (Å²) in [5.74, 6) is -1.00. The van der Waals surface area contributed by atoms with E-state index in [-0.39, 0.29) is 5.69 Å². The standard InChI is InChI=1S/C16H11BrF3N5O/c1-9-6-10(17)2-3-12(9)15(26)24-11-7-13(16(18,19)20)14(21-8-11)25-22-4-5-23-25/h2-8H,1H3,(H,24,26). The lowest BCUT2D eigenvalue weighted by molar-refractivity contribution is -0.137. The second-order valence-corrected chi connectivity index (χ2v) is 6.24. The van der Waals surface area contributed by atoms with Gasteiger partial charge in [-0.1, -0.05) is 15.9 Å². The molecule has 1 N–H and O–H groups in total. The van der Waals surface area contributed by atoms with Crippen LogP contribution in [-0.4, -0.2) is 25.9 Å². The molecule has 1 amide bonds. The van der Waals surface area contributed by atoms with Crippen LogP contribution in [0.15, 0.2) is 47.3 Å². The third-order valence-electron chi connectivity index (χ3n) is 3.47.